The highest BCUT2D eigenvalue weighted by Gasteiger charge is 2.31. The first-order chi connectivity index (χ1) is 17.4. The molecule has 0 saturated carbocycles. The second-order valence-corrected chi connectivity index (χ2v) is 9.29. The van der Waals surface area contributed by atoms with Crippen molar-refractivity contribution in [3.8, 4) is 11.5 Å². The third-order valence-electron chi connectivity index (χ3n) is 5.85. The summed E-state index contributed by atoms with van der Waals surface area (Å²) in [5.41, 5.74) is 3.06. The fraction of sp³-hybridized carbons (Fsp3) is 0.333. The predicted octanol–water partition coefficient (Wildman–Crippen LogP) is 4.79. The lowest BCUT2D eigenvalue weighted by Gasteiger charge is -2.31. The zero-order chi connectivity index (χ0) is 25.9. The average Bonchev–Trinajstić information content (AvgIpc) is 2.89. The van der Waals surface area contributed by atoms with Crippen LogP contribution in [0, 0.1) is 12.8 Å². The van der Waals surface area contributed by atoms with Crippen molar-refractivity contribution >= 4 is 11.8 Å². The first-order valence-electron chi connectivity index (χ1n) is 12.3. The lowest BCUT2D eigenvalue weighted by atomic mass is 10.0. The second kappa shape index (κ2) is 13.3. The summed E-state index contributed by atoms with van der Waals surface area (Å²) in [6.45, 7) is 6.72. The molecule has 190 valence electrons. The third kappa shape index (κ3) is 7.87. The van der Waals surface area contributed by atoms with E-state index in [0.29, 0.717) is 36.9 Å². The number of amides is 2. The van der Waals surface area contributed by atoms with E-state index in [1.54, 1.807) is 24.1 Å². The van der Waals surface area contributed by atoms with Crippen molar-refractivity contribution in [3.05, 3.63) is 95.6 Å². The molecule has 3 aromatic carbocycles. The first kappa shape index (κ1) is 26.8. The van der Waals surface area contributed by atoms with Crippen LogP contribution in [0.15, 0.2) is 78.9 Å². The van der Waals surface area contributed by atoms with Crippen LogP contribution >= 0.6 is 0 Å². The quantitative estimate of drug-likeness (QED) is 0.398. The highest BCUT2D eigenvalue weighted by molar-refractivity contribution is 5.88. The fourth-order valence-electron chi connectivity index (χ4n) is 3.83. The van der Waals surface area contributed by atoms with E-state index in [1.165, 1.54) is 0 Å². The van der Waals surface area contributed by atoms with Crippen molar-refractivity contribution in [1.82, 2.24) is 10.2 Å². The van der Waals surface area contributed by atoms with Gasteiger partial charge in [-0.25, -0.2) is 0 Å². The topological polar surface area (TPSA) is 67.9 Å². The normalized spacial score (nSPS) is 11.6. The number of rotatable bonds is 12. The molecule has 36 heavy (non-hydrogen) atoms. The molecule has 0 heterocycles. The van der Waals surface area contributed by atoms with Crippen molar-refractivity contribution in [3.63, 3.8) is 0 Å². The zero-order valence-electron chi connectivity index (χ0n) is 21.6. The number of aryl methyl sites for hydroxylation is 1. The number of para-hydroxylation sites is 2. The molecule has 3 rings (SSSR count). The van der Waals surface area contributed by atoms with Gasteiger partial charge in [0.05, 0.1) is 7.11 Å². The first-order valence-corrected chi connectivity index (χ1v) is 12.3. The molecule has 1 atom stereocenters. The molecule has 0 aliphatic heterocycles. The Morgan fingerprint density at radius 3 is 2.14 bits per heavy atom. The molecule has 0 unspecified atom stereocenters. The summed E-state index contributed by atoms with van der Waals surface area (Å²) in [5.74, 6) is 0.868. The van der Waals surface area contributed by atoms with Gasteiger partial charge < -0.3 is 19.7 Å². The summed E-state index contributed by atoms with van der Waals surface area (Å²) in [5, 5.41) is 3.03. The SMILES string of the molecule is COc1ccccc1OCC(=O)N(Cc1ccc(C)cc1)[C@@H](Cc1ccccc1)C(=O)NCC(C)C. The predicted molar refractivity (Wildman–Crippen MR) is 142 cm³/mol. The van der Waals surface area contributed by atoms with Gasteiger partial charge in [-0.05, 0) is 36.1 Å². The summed E-state index contributed by atoms with van der Waals surface area (Å²) in [6.07, 6.45) is 0.400. The summed E-state index contributed by atoms with van der Waals surface area (Å²) >= 11 is 0. The minimum Gasteiger partial charge on any atom is -0.493 e. The molecular formula is C30H36N2O4. The molecule has 1 N–H and O–H groups in total. The van der Waals surface area contributed by atoms with E-state index in [-0.39, 0.29) is 18.4 Å². The number of carbonyl (C=O) groups excluding carboxylic acids is 2. The number of methoxy groups -OCH3 is 1. The number of nitrogens with zero attached hydrogens (tertiary/aromatic N) is 1. The Kier molecular flexibility index (Phi) is 9.92. The van der Waals surface area contributed by atoms with Gasteiger partial charge in [-0.2, -0.15) is 0 Å². The van der Waals surface area contributed by atoms with E-state index in [2.05, 4.69) is 5.32 Å². The van der Waals surface area contributed by atoms with E-state index in [4.69, 9.17) is 9.47 Å². The standard InChI is InChI=1S/C30H36N2O4/c1-22(2)19-31-30(34)26(18-24-10-6-5-7-11-24)32(20-25-16-14-23(3)15-17-25)29(33)21-36-28-13-9-8-12-27(28)35-4/h5-17,22,26H,18-21H2,1-4H3,(H,31,34)/t26-/m0/s1. The summed E-state index contributed by atoms with van der Waals surface area (Å²) in [6, 6.07) is 24.3. The Morgan fingerprint density at radius 2 is 1.50 bits per heavy atom. The number of hydrogen-bond donors (Lipinski definition) is 1. The average molecular weight is 489 g/mol. The Hall–Kier alpha value is -3.80. The molecular weight excluding hydrogens is 452 g/mol. The lowest BCUT2D eigenvalue weighted by Crippen LogP contribution is -2.52. The molecule has 0 aromatic heterocycles. The van der Waals surface area contributed by atoms with E-state index in [9.17, 15) is 9.59 Å². The van der Waals surface area contributed by atoms with Crippen molar-refractivity contribution < 1.29 is 19.1 Å². The Bertz CT molecular complexity index is 1110. The minimum absolute atomic E-state index is 0.176. The molecule has 0 saturated heterocycles. The molecule has 0 aliphatic rings. The summed E-state index contributed by atoms with van der Waals surface area (Å²) < 4.78 is 11.2. The van der Waals surface area contributed by atoms with Crippen LogP contribution in [0.25, 0.3) is 0 Å². The molecule has 0 aliphatic carbocycles. The summed E-state index contributed by atoms with van der Waals surface area (Å²) in [7, 11) is 1.56. The molecule has 0 radical (unpaired) electrons. The fourth-order valence-corrected chi connectivity index (χ4v) is 3.83. The van der Waals surface area contributed by atoms with Gasteiger partial charge >= 0.3 is 0 Å². The van der Waals surface area contributed by atoms with Crippen molar-refractivity contribution in [2.75, 3.05) is 20.3 Å². The van der Waals surface area contributed by atoms with Gasteiger partial charge in [0.15, 0.2) is 18.1 Å². The van der Waals surface area contributed by atoms with Gasteiger partial charge in [0.25, 0.3) is 5.91 Å². The third-order valence-corrected chi connectivity index (χ3v) is 5.85. The molecule has 0 bridgehead atoms. The number of nitrogens with one attached hydrogen (secondary N) is 1. The van der Waals surface area contributed by atoms with E-state index in [1.807, 2.05) is 87.5 Å². The largest absolute Gasteiger partial charge is 0.493 e. The Labute approximate surface area is 214 Å². The van der Waals surface area contributed by atoms with Crippen LogP contribution in [0.4, 0.5) is 0 Å². The Morgan fingerprint density at radius 1 is 0.861 bits per heavy atom. The highest BCUT2D eigenvalue weighted by atomic mass is 16.5. The van der Waals surface area contributed by atoms with Crippen LogP contribution in [-0.2, 0) is 22.6 Å². The summed E-state index contributed by atoms with van der Waals surface area (Å²) in [4.78, 5) is 28.7. The number of carbonyl (C=O) groups is 2. The second-order valence-electron chi connectivity index (χ2n) is 9.29. The van der Waals surface area contributed by atoms with E-state index < -0.39 is 6.04 Å². The number of ether oxygens (including phenoxy) is 2. The van der Waals surface area contributed by atoms with Gasteiger partial charge in [-0.3, -0.25) is 9.59 Å². The molecule has 2 amide bonds. The number of hydrogen-bond acceptors (Lipinski definition) is 4. The van der Waals surface area contributed by atoms with Crippen LogP contribution in [-0.4, -0.2) is 43.0 Å². The smallest absolute Gasteiger partial charge is 0.261 e. The van der Waals surface area contributed by atoms with Crippen molar-refractivity contribution in [2.45, 2.75) is 39.8 Å². The number of benzene rings is 3. The van der Waals surface area contributed by atoms with E-state index >= 15 is 0 Å². The molecule has 6 heteroatoms. The van der Waals surface area contributed by atoms with Crippen LogP contribution in [0.1, 0.15) is 30.5 Å². The van der Waals surface area contributed by atoms with Crippen molar-refractivity contribution in [1.29, 1.82) is 0 Å². The van der Waals surface area contributed by atoms with Gasteiger partial charge in [-0.1, -0.05) is 86.1 Å². The lowest BCUT2D eigenvalue weighted by molar-refractivity contribution is -0.142. The maximum absolute atomic E-state index is 13.6. The highest BCUT2D eigenvalue weighted by Crippen LogP contribution is 2.26. The molecule has 3 aromatic rings. The maximum Gasteiger partial charge on any atom is 0.261 e. The van der Waals surface area contributed by atoms with Gasteiger partial charge in [0.1, 0.15) is 6.04 Å². The van der Waals surface area contributed by atoms with Gasteiger partial charge in [-0.15, -0.1) is 0 Å². The van der Waals surface area contributed by atoms with Crippen LogP contribution < -0.4 is 14.8 Å². The zero-order valence-corrected chi connectivity index (χ0v) is 21.6. The van der Waals surface area contributed by atoms with E-state index in [0.717, 1.165) is 16.7 Å². The van der Waals surface area contributed by atoms with Crippen LogP contribution in [0.3, 0.4) is 0 Å². The molecule has 6 nitrogen and oxygen atoms in total. The molecule has 0 spiro atoms. The van der Waals surface area contributed by atoms with Crippen LogP contribution in [0.2, 0.25) is 0 Å². The van der Waals surface area contributed by atoms with Crippen molar-refractivity contribution in [2.24, 2.45) is 5.92 Å². The van der Waals surface area contributed by atoms with Gasteiger partial charge in [0, 0.05) is 19.5 Å². The Balaban J connectivity index is 1.90. The minimum atomic E-state index is -0.693. The maximum atomic E-state index is 13.6. The molecule has 0 fully saturated rings. The van der Waals surface area contributed by atoms with Gasteiger partial charge in [0.2, 0.25) is 5.91 Å². The van der Waals surface area contributed by atoms with Crippen LogP contribution in [0.5, 0.6) is 11.5 Å². The monoisotopic (exact) mass is 488 g/mol.